The third kappa shape index (κ3) is 4.85. The molecule has 0 bridgehead atoms. The molecule has 0 aliphatic heterocycles. The van der Waals surface area contributed by atoms with Gasteiger partial charge in [-0.3, -0.25) is 0 Å². The van der Waals surface area contributed by atoms with Gasteiger partial charge < -0.3 is 5.32 Å². The average Bonchev–Trinajstić information content (AvgIpc) is 2.72. The third-order valence-electron chi connectivity index (χ3n) is 5.17. The topological polar surface area (TPSA) is 12.0 Å². The zero-order chi connectivity index (χ0) is 15.2. The second-order valence-corrected chi connectivity index (χ2v) is 7.26. The summed E-state index contributed by atoms with van der Waals surface area (Å²) in [5, 5.41) is 3.70. The van der Waals surface area contributed by atoms with Gasteiger partial charge in [-0.25, -0.2) is 0 Å². The van der Waals surface area contributed by atoms with E-state index in [1.165, 1.54) is 49.7 Å². The number of benzene rings is 1. The number of aryl methyl sites for hydroxylation is 2. The monoisotopic (exact) mass is 287 g/mol. The standard InChI is InChI=1S/C20H33N/c1-15(2)21-14-20(18-9-7-5-6-8-10-18)19-12-11-16(3)17(4)13-19/h11-13,15,18,20-21H,5-10,14H2,1-4H3. The lowest BCUT2D eigenvalue weighted by Crippen LogP contribution is -2.31. The van der Waals surface area contributed by atoms with Crippen molar-refractivity contribution in [3.63, 3.8) is 0 Å². The van der Waals surface area contributed by atoms with Gasteiger partial charge in [-0.15, -0.1) is 0 Å². The van der Waals surface area contributed by atoms with Crippen LogP contribution in [0.1, 0.15) is 75.0 Å². The number of rotatable bonds is 5. The Labute approximate surface area is 131 Å². The van der Waals surface area contributed by atoms with E-state index >= 15 is 0 Å². The predicted molar refractivity (Wildman–Crippen MR) is 93.0 cm³/mol. The van der Waals surface area contributed by atoms with Gasteiger partial charge in [-0.1, -0.05) is 57.7 Å². The predicted octanol–water partition coefficient (Wildman–Crippen LogP) is 5.36. The molecule has 1 aromatic carbocycles. The van der Waals surface area contributed by atoms with Crippen LogP contribution in [0.3, 0.4) is 0 Å². The van der Waals surface area contributed by atoms with E-state index in [1.807, 2.05) is 0 Å². The van der Waals surface area contributed by atoms with Crippen LogP contribution in [0.15, 0.2) is 18.2 Å². The fourth-order valence-corrected chi connectivity index (χ4v) is 3.63. The largest absolute Gasteiger partial charge is 0.314 e. The molecule has 1 N–H and O–H groups in total. The van der Waals surface area contributed by atoms with E-state index in [0.717, 1.165) is 12.5 Å². The lowest BCUT2D eigenvalue weighted by atomic mass is 9.80. The van der Waals surface area contributed by atoms with Crippen LogP contribution in [-0.2, 0) is 0 Å². The van der Waals surface area contributed by atoms with Gasteiger partial charge in [0.15, 0.2) is 0 Å². The van der Waals surface area contributed by atoms with Crippen LogP contribution >= 0.6 is 0 Å². The molecule has 0 spiro atoms. The Bertz CT molecular complexity index is 427. The molecule has 1 heteroatoms. The smallest absolute Gasteiger partial charge is 0.00251 e. The molecule has 1 aliphatic carbocycles. The van der Waals surface area contributed by atoms with Crippen molar-refractivity contribution in [3.05, 3.63) is 34.9 Å². The quantitative estimate of drug-likeness (QED) is 0.719. The maximum absolute atomic E-state index is 3.70. The fraction of sp³-hybridized carbons (Fsp3) is 0.700. The summed E-state index contributed by atoms with van der Waals surface area (Å²) in [5.41, 5.74) is 4.41. The van der Waals surface area contributed by atoms with E-state index in [-0.39, 0.29) is 0 Å². The van der Waals surface area contributed by atoms with Gasteiger partial charge in [-0.05, 0) is 55.2 Å². The summed E-state index contributed by atoms with van der Waals surface area (Å²) in [7, 11) is 0. The molecule has 0 radical (unpaired) electrons. The first-order valence-electron chi connectivity index (χ1n) is 8.88. The molecule has 1 aromatic rings. The zero-order valence-electron chi connectivity index (χ0n) is 14.4. The Morgan fingerprint density at radius 3 is 2.24 bits per heavy atom. The van der Waals surface area contributed by atoms with Gasteiger partial charge >= 0.3 is 0 Å². The van der Waals surface area contributed by atoms with Crippen molar-refractivity contribution in [2.45, 2.75) is 78.2 Å². The van der Waals surface area contributed by atoms with Gasteiger partial charge in [0.05, 0.1) is 0 Å². The van der Waals surface area contributed by atoms with Crippen molar-refractivity contribution in [3.8, 4) is 0 Å². The van der Waals surface area contributed by atoms with Crippen molar-refractivity contribution in [2.75, 3.05) is 6.54 Å². The molecule has 1 atom stereocenters. The SMILES string of the molecule is Cc1ccc(C(CNC(C)C)C2CCCCCC2)cc1C. The molecule has 1 fully saturated rings. The van der Waals surface area contributed by atoms with Gasteiger partial charge in [-0.2, -0.15) is 0 Å². The minimum atomic E-state index is 0.574. The zero-order valence-corrected chi connectivity index (χ0v) is 14.4. The van der Waals surface area contributed by atoms with Crippen molar-refractivity contribution < 1.29 is 0 Å². The van der Waals surface area contributed by atoms with E-state index in [1.54, 1.807) is 5.56 Å². The van der Waals surface area contributed by atoms with Gasteiger partial charge in [0.25, 0.3) is 0 Å². The van der Waals surface area contributed by atoms with Crippen LogP contribution in [0, 0.1) is 19.8 Å². The van der Waals surface area contributed by atoms with Gasteiger partial charge in [0, 0.05) is 12.6 Å². The first-order valence-corrected chi connectivity index (χ1v) is 8.88. The fourth-order valence-electron chi connectivity index (χ4n) is 3.63. The summed E-state index contributed by atoms with van der Waals surface area (Å²) in [6.45, 7) is 10.1. The molecule has 1 nitrogen and oxygen atoms in total. The number of hydrogen-bond acceptors (Lipinski definition) is 1. The molecule has 21 heavy (non-hydrogen) atoms. The highest BCUT2D eigenvalue weighted by Gasteiger charge is 2.24. The highest BCUT2D eigenvalue weighted by Crippen LogP contribution is 2.35. The first kappa shape index (κ1) is 16.5. The van der Waals surface area contributed by atoms with Crippen LogP contribution in [0.25, 0.3) is 0 Å². The number of nitrogens with one attached hydrogen (secondary N) is 1. The first-order chi connectivity index (χ1) is 10.1. The summed E-state index contributed by atoms with van der Waals surface area (Å²) in [4.78, 5) is 0. The molecular weight excluding hydrogens is 254 g/mol. The van der Waals surface area contributed by atoms with Crippen molar-refractivity contribution in [1.29, 1.82) is 0 Å². The Morgan fingerprint density at radius 2 is 1.67 bits per heavy atom. The molecule has 0 aromatic heterocycles. The second-order valence-electron chi connectivity index (χ2n) is 7.26. The normalized spacial score (nSPS) is 18.7. The van der Waals surface area contributed by atoms with E-state index in [2.05, 4.69) is 51.2 Å². The number of hydrogen-bond donors (Lipinski definition) is 1. The molecular formula is C20H33N. The molecule has 1 aliphatic rings. The van der Waals surface area contributed by atoms with Crippen LogP contribution in [0.5, 0.6) is 0 Å². The van der Waals surface area contributed by atoms with E-state index in [4.69, 9.17) is 0 Å². The van der Waals surface area contributed by atoms with Gasteiger partial charge in [0.2, 0.25) is 0 Å². The molecule has 0 heterocycles. The molecule has 1 unspecified atom stereocenters. The Morgan fingerprint density at radius 1 is 1.00 bits per heavy atom. The molecule has 0 amide bonds. The van der Waals surface area contributed by atoms with Crippen LogP contribution in [-0.4, -0.2) is 12.6 Å². The average molecular weight is 287 g/mol. The molecule has 0 saturated heterocycles. The summed E-state index contributed by atoms with van der Waals surface area (Å²) in [6.07, 6.45) is 8.55. The summed E-state index contributed by atoms with van der Waals surface area (Å²) in [5.74, 6) is 1.55. The maximum atomic E-state index is 3.70. The van der Waals surface area contributed by atoms with Gasteiger partial charge in [0.1, 0.15) is 0 Å². The minimum absolute atomic E-state index is 0.574. The molecule has 2 rings (SSSR count). The van der Waals surface area contributed by atoms with Crippen LogP contribution < -0.4 is 5.32 Å². The highest BCUT2D eigenvalue weighted by molar-refractivity contribution is 5.32. The Balaban J connectivity index is 2.18. The Hall–Kier alpha value is -0.820. The van der Waals surface area contributed by atoms with E-state index in [0.29, 0.717) is 12.0 Å². The lowest BCUT2D eigenvalue weighted by molar-refractivity contribution is 0.353. The van der Waals surface area contributed by atoms with Crippen LogP contribution in [0.2, 0.25) is 0 Å². The Kier molecular flexibility index (Phi) is 6.29. The van der Waals surface area contributed by atoms with Crippen LogP contribution in [0.4, 0.5) is 0 Å². The summed E-state index contributed by atoms with van der Waals surface area (Å²) >= 11 is 0. The summed E-state index contributed by atoms with van der Waals surface area (Å²) < 4.78 is 0. The minimum Gasteiger partial charge on any atom is -0.314 e. The molecule has 118 valence electrons. The maximum Gasteiger partial charge on any atom is 0.00251 e. The van der Waals surface area contributed by atoms with Crippen molar-refractivity contribution in [2.24, 2.45) is 5.92 Å². The summed E-state index contributed by atoms with van der Waals surface area (Å²) in [6, 6.07) is 7.70. The molecule has 1 saturated carbocycles. The highest BCUT2D eigenvalue weighted by atomic mass is 14.9. The van der Waals surface area contributed by atoms with Crippen molar-refractivity contribution in [1.82, 2.24) is 5.32 Å². The van der Waals surface area contributed by atoms with Crippen molar-refractivity contribution >= 4 is 0 Å². The third-order valence-corrected chi connectivity index (χ3v) is 5.17. The lowest BCUT2D eigenvalue weighted by Gasteiger charge is -2.28. The van der Waals surface area contributed by atoms with E-state index in [9.17, 15) is 0 Å². The second kappa shape index (κ2) is 7.98. The van der Waals surface area contributed by atoms with E-state index < -0.39 is 0 Å².